The molecule has 0 aliphatic carbocycles. The van der Waals surface area contributed by atoms with Gasteiger partial charge in [-0.3, -0.25) is 4.79 Å². The molecule has 0 amide bonds. The Morgan fingerprint density at radius 3 is 3.00 bits per heavy atom. The van der Waals surface area contributed by atoms with E-state index in [2.05, 4.69) is 16.3 Å². The van der Waals surface area contributed by atoms with Crippen LogP contribution in [0.4, 0.5) is 5.82 Å². The number of carboxylic acids is 1. The highest BCUT2D eigenvalue weighted by Crippen LogP contribution is 2.35. The zero-order valence-electron chi connectivity index (χ0n) is 11.7. The quantitative estimate of drug-likeness (QED) is 0.901. The molecule has 0 saturated carbocycles. The van der Waals surface area contributed by atoms with Gasteiger partial charge in [-0.25, -0.2) is 0 Å². The first-order valence-corrected chi connectivity index (χ1v) is 6.67. The number of aromatic nitrogens is 2. The third kappa shape index (κ3) is 2.57. The van der Waals surface area contributed by atoms with Crippen LogP contribution in [0.3, 0.4) is 0 Å². The van der Waals surface area contributed by atoms with Crippen LogP contribution < -0.4 is 4.90 Å². The molecule has 2 heterocycles. The summed E-state index contributed by atoms with van der Waals surface area (Å²) in [4.78, 5) is 13.4. The topological polar surface area (TPSA) is 90.1 Å². The Hall–Kier alpha value is -2.16. The summed E-state index contributed by atoms with van der Waals surface area (Å²) in [5.74, 6) is -0.202. The second-order valence-corrected chi connectivity index (χ2v) is 5.69. The lowest BCUT2D eigenvalue weighted by atomic mass is 9.74. The highest BCUT2D eigenvalue weighted by Gasteiger charge is 2.39. The van der Waals surface area contributed by atoms with Crippen LogP contribution in [0.1, 0.15) is 32.3 Å². The van der Waals surface area contributed by atoms with Gasteiger partial charge in [0.15, 0.2) is 5.82 Å². The van der Waals surface area contributed by atoms with Gasteiger partial charge in [-0.1, -0.05) is 0 Å². The van der Waals surface area contributed by atoms with Crippen LogP contribution in [0.2, 0.25) is 0 Å². The van der Waals surface area contributed by atoms with Gasteiger partial charge in [0, 0.05) is 13.1 Å². The van der Waals surface area contributed by atoms with E-state index in [1.54, 1.807) is 19.9 Å². The van der Waals surface area contributed by atoms with E-state index < -0.39 is 11.4 Å². The Morgan fingerprint density at radius 2 is 2.35 bits per heavy atom. The average Bonchev–Trinajstić information content (AvgIpc) is 2.47. The minimum Gasteiger partial charge on any atom is -0.481 e. The Bertz CT molecular complexity index is 550. The number of nitriles is 1. The lowest BCUT2D eigenvalue weighted by Crippen LogP contribution is -2.45. The van der Waals surface area contributed by atoms with Crippen molar-refractivity contribution in [1.82, 2.24) is 10.2 Å². The van der Waals surface area contributed by atoms with E-state index in [-0.39, 0.29) is 5.92 Å². The molecule has 6 nitrogen and oxygen atoms in total. The number of rotatable bonds is 3. The number of carbonyl (C=O) groups is 1. The van der Waals surface area contributed by atoms with Gasteiger partial charge in [-0.05, 0) is 38.7 Å². The van der Waals surface area contributed by atoms with E-state index >= 15 is 0 Å². The van der Waals surface area contributed by atoms with E-state index in [1.165, 1.54) is 6.20 Å². The maximum Gasteiger partial charge on any atom is 0.309 e. The number of aliphatic carboxylic acids is 1. The first-order chi connectivity index (χ1) is 9.46. The van der Waals surface area contributed by atoms with Gasteiger partial charge in [0.05, 0.1) is 17.2 Å². The van der Waals surface area contributed by atoms with Gasteiger partial charge in [0.1, 0.15) is 6.07 Å². The SMILES string of the molecule is CC(C)(C(=O)O)C1CCCN(c2nnccc2C#N)C1. The van der Waals surface area contributed by atoms with Crippen molar-refractivity contribution in [3.05, 3.63) is 17.8 Å². The normalized spacial score (nSPS) is 19.4. The third-order valence-electron chi connectivity index (χ3n) is 4.11. The molecular formula is C14H18N4O2. The molecule has 20 heavy (non-hydrogen) atoms. The molecule has 106 valence electrons. The minimum absolute atomic E-state index is 0.0299. The number of nitrogens with zero attached hydrogens (tertiary/aromatic N) is 4. The molecule has 1 unspecified atom stereocenters. The molecule has 0 bridgehead atoms. The van der Waals surface area contributed by atoms with Gasteiger partial charge in [0.2, 0.25) is 0 Å². The second kappa shape index (κ2) is 5.45. The zero-order valence-corrected chi connectivity index (χ0v) is 11.7. The summed E-state index contributed by atoms with van der Waals surface area (Å²) in [6.45, 7) is 4.88. The van der Waals surface area contributed by atoms with Crippen LogP contribution in [-0.4, -0.2) is 34.4 Å². The highest BCUT2D eigenvalue weighted by atomic mass is 16.4. The number of piperidine rings is 1. The Morgan fingerprint density at radius 1 is 1.60 bits per heavy atom. The Balaban J connectivity index is 2.24. The fourth-order valence-electron chi connectivity index (χ4n) is 2.58. The molecular weight excluding hydrogens is 256 g/mol. The summed E-state index contributed by atoms with van der Waals surface area (Å²) >= 11 is 0. The van der Waals surface area contributed by atoms with Crippen LogP contribution in [0, 0.1) is 22.7 Å². The molecule has 1 aliphatic heterocycles. The van der Waals surface area contributed by atoms with Gasteiger partial charge in [-0.2, -0.15) is 10.4 Å². The first kappa shape index (κ1) is 14.3. The fraction of sp³-hybridized carbons (Fsp3) is 0.571. The fourth-order valence-corrected chi connectivity index (χ4v) is 2.58. The minimum atomic E-state index is -0.788. The molecule has 2 rings (SSSR count). The highest BCUT2D eigenvalue weighted by molar-refractivity contribution is 5.74. The smallest absolute Gasteiger partial charge is 0.309 e. The monoisotopic (exact) mass is 274 g/mol. The number of hydrogen-bond acceptors (Lipinski definition) is 5. The van der Waals surface area contributed by atoms with Crippen molar-refractivity contribution < 1.29 is 9.90 Å². The summed E-state index contributed by atoms with van der Waals surface area (Å²) in [6.07, 6.45) is 3.26. The zero-order chi connectivity index (χ0) is 14.8. The van der Waals surface area contributed by atoms with Crippen molar-refractivity contribution >= 4 is 11.8 Å². The lowest BCUT2D eigenvalue weighted by molar-refractivity contribution is -0.150. The Kier molecular flexibility index (Phi) is 3.89. The number of anilines is 1. The van der Waals surface area contributed by atoms with E-state index in [4.69, 9.17) is 5.26 Å². The van der Waals surface area contributed by atoms with E-state index in [0.717, 1.165) is 19.4 Å². The Labute approximate surface area is 118 Å². The van der Waals surface area contributed by atoms with Crippen LogP contribution in [0.25, 0.3) is 0 Å². The van der Waals surface area contributed by atoms with Crippen molar-refractivity contribution in [1.29, 1.82) is 5.26 Å². The average molecular weight is 274 g/mol. The summed E-state index contributed by atoms with van der Waals surface area (Å²) in [6, 6.07) is 3.74. The number of hydrogen-bond donors (Lipinski definition) is 1. The standard InChI is InChI=1S/C14H18N4O2/c1-14(2,13(19)20)11-4-3-7-18(9-11)12-10(8-15)5-6-16-17-12/h5-6,11H,3-4,7,9H2,1-2H3,(H,19,20). The molecule has 0 spiro atoms. The third-order valence-corrected chi connectivity index (χ3v) is 4.11. The van der Waals surface area contributed by atoms with Crippen molar-refractivity contribution in [3.8, 4) is 6.07 Å². The predicted molar refractivity (Wildman–Crippen MR) is 73.1 cm³/mol. The summed E-state index contributed by atoms with van der Waals surface area (Å²) in [5.41, 5.74) is -0.304. The van der Waals surface area contributed by atoms with Crippen molar-refractivity contribution in [2.45, 2.75) is 26.7 Å². The molecule has 1 aromatic heterocycles. The second-order valence-electron chi connectivity index (χ2n) is 5.69. The van der Waals surface area contributed by atoms with Crippen LogP contribution in [0.5, 0.6) is 0 Å². The van der Waals surface area contributed by atoms with E-state index in [0.29, 0.717) is 17.9 Å². The van der Waals surface area contributed by atoms with Crippen LogP contribution in [0.15, 0.2) is 12.3 Å². The van der Waals surface area contributed by atoms with Crippen molar-refractivity contribution in [2.24, 2.45) is 11.3 Å². The lowest BCUT2D eigenvalue weighted by Gasteiger charge is -2.39. The van der Waals surface area contributed by atoms with Gasteiger partial charge in [-0.15, -0.1) is 5.10 Å². The molecule has 1 aromatic rings. The molecule has 0 aromatic carbocycles. The molecule has 6 heteroatoms. The van der Waals surface area contributed by atoms with E-state index in [1.807, 2.05) is 4.90 Å². The maximum absolute atomic E-state index is 11.4. The molecule has 0 radical (unpaired) electrons. The largest absolute Gasteiger partial charge is 0.481 e. The molecule has 1 N–H and O–H groups in total. The summed E-state index contributed by atoms with van der Waals surface area (Å²) < 4.78 is 0. The van der Waals surface area contributed by atoms with Gasteiger partial charge >= 0.3 is 5.97 Å². The van der Waals surface area contributed by atoms with Crippen LogP contribution >= 0.6 is 0 Å². The number of carboxylic acid groups (broad SMARTS) is 1. The summed E-state index contributed by atoms with van der Waals surface area (Å²) in [5, 5.41) is 26.3. The van der Waals surface area contributed by atoms with Crippen molar-refractivity contribution in [3.63, 3.8) is 0 Å². The molecule has 1 fully saturated rings. The van der Waals surface area contributed by atoms with E-state index in [9.17, 15) is 9.90 Å². The molecule has 1 atom stereocenters. The first-order valence-electron chi connectivity index (χ1n) is 6.67. The van der Waals surface area contributed by atoms with Crippen molar-refractivity contribution in [2.75, 3.05) is 18.0 Å². The van der Waals surface area contributed by atoms with Crippen LogP contribution in [-0.2, 0) is 4.79 Å². The molecule has 1 aliphatic rings. The predicted octanol–water partition coefficient (Wildman–Crippen LogP) is 1.68. The molecule has 1 saturated heterocycles. The summed E-state index contributed by atoms with van der Waals surface area (Å²) in [7, 11) is 0. The maximum atomic E-state index is 11.4. The van der Waals surface area contributed by atoms with Gasteiger partial charge in [0.25, 0.3) is 0 Å². The van der Waals surface area contributed by atoms with Gasteiger partial charge < -0.3 is 10.0 Å².